The summed E-state index contributed by atoms with van der Waals surface area (Å²) in [7, 11) is 2.66. The predicted molar refractivity (Wildman–Crippen MR) is 59.6 cm³/mol. The van der Waals surface area contributed by atoms with E-state index in [0.29, 0.717) is 6.08 Å². The van der Waals surface area contributed by atoms with E-state index in [0.717, 1.165) is 0 Å². The first-order valence-electron chi connectivity index (χ1n) is 4.88. The lowest BCUT2D eigenvalue weighted by Crippen LogP contribution is -2.24. The molecule has 0 saturated carbocycles. The van der Waals surface area contributed by atoms with Gasteiger partial charge in [0.2, 0.25) is 0 Å². The van der Waals surface area contributed by atoms with Crippen molar-refractivity contribution in [2.45, 2.75) is 12.0 Å². The number of hydrogen-bond acceptors (Lipinski definition) is 3. The Hall–Kier alpha value is -1.62. The molecular formula is C12H14F2O3. The van der Waals surface area contributed by atoms with E-state index in [-0.39, 0.29) is 17.1 Å². The first kappa shape index (κ1) is 13.4. The molecule has 0 spiro atoms. The van der Waals surface area contributed by atoms with Crippen LogP contribution in [0.1, 0.15) is 11.7 Å². The monoisotopic (exact) mass is 244 g/mol. The number of alkyl halides is 2. The fourth-order valence-electron chi connectivity index (χ4n) is 1.45. The van der Waals surface area contributed by atoms with Gasteiger partial charge in [-0.25, -0.2) is 0 Å². The summed E-state index contributed by atoms with van der Waals surface area (Å²) in [5.41, 5.74) is -0.0950. The van der Waals surface area contributed by atoms with E-state index < -0.39 is 12.0 Å². The van der Waals surface area contributed by atoms with Crippen LogP contribution < -0.4 is 9.47 Å². The maximum Gasteiger partial charge on any atom is 0.295 e. The Bertz CT molecular complexity index is 382. The minimum Gasteiger partial charge on any atom is -0.496 e. The quantitative estimate of drug-likeness (QED) is 0.809. The molecule has 3 nitrogen and oxygen atoms in total. The molecule has 1 aromatic rings. The first-order chi connectivity index (χ1) is 7.97. The standard InChI is InChI=1S/C12H14F2O3/c1-4-12(13,14)11(15)10-8(16-2)6-5-7-9(10)17-3/h4-7,11,15H,1H2,2-3H3. The molecule has 0 aromatic heterocycles. The van der Waals surface area contributed by atoms with Crippen LogP contribution in [-0.4, -0.2) is 25.2 Å². The Labute approximate surface area is 98.3 Å². The number of aliphatic hydroxyl groups is 1. The average Bonchev–Trinajstić information content (AvgIpc) is 2.36. The molecule has 0 radical (unpaired) electrons. The molecule has 0 fully saturated rings. The van der Waals surface area contributed by atoms with Crippen LogP contribution in [-0.2, 0) is 0 Å². The molecule has 17 heavy (non-hydrogen) atoms. The summed E-state index contributed by atoms with van der Waals surface area (Å²) in [6.07, 6.45) is -1.67. The molecule has 1 rings (SSSR count). The number of aliphatic hydroxyl groups excluding tert-OH is 1. The van der Waals surface area contributed by atoms with Crippen LogP contribution in [0.2, 0.25) is 0 Å². The third-order valence-electron chi connectivity index (χ3n) is 2.38. The number of ether oxygens (including phenoxy) is 2. The highest BCUT2D eigenvalue weighted by molar-refractivity contribution is 5.47. The van der Waals surface area contributed by atoms with E-state index in [9.17, 15) is 13.9 Å². The third kappa shape index (κ3) is 2.55. The second-order valence-corrected chi connectivity index (χ2v) is 3.36. The van der Waals surface area contributed by atoms with Crippen molar-refractivity contribution in [2.24, 2.45) is 0 Å². The van der Waals surface area contributed by atoms with Gasteiger partial charge in [0.1, 0.15) is 11.5 Å². The average molecular weight is 244 g/mol. The number of rotatable bonds is 5. The minimum atomic E-state index is -3.46. The van der Waals surface area contributed by atoms with Crippen molar-refractivity contribution >= 4 is 0 Å². The van der Waals surface area contributed by atoms with Crippen LogP contribution in [0.5, 0.6) is 11.5 Å². The first-order valence-corrected chi connectivity index (χ1v) is 4.88. The van der Waals surface area contributed by atoms with Crippen molar-refractivity contribution in [3.63, 3.8) is 0 Å². The highest BCUT2D eigenvalue weighted by atomic mass is 19.3. The van der Waals surface area contributed by atoms with Gasteiger partial charge in [0.15, 0.2) is 6.10 Å². The summed E-state index contributed by atoms with van der Waals surface area (Å²) in [4.78, 5) is 0. The van der Waals surface area contributed by atoms with Crippen LogP contribution in [0, 0.1) is 0 Å². The SMILES string of the molecule is C=CC(F)(F)C(O)c1c(OC)cccc1OC. The van der Waals surface area contributed by atoms with E-state index in [1.54, 1.807) is 6.07 Å². The summed E-state index contributed by atoms with van der Waals surface area (Å²) in [6.45, 7) is 3.00. The van der Waals surface area contributed by atoms with Gasteiger partial charge in [-0.15, -0.1) is 0 Å². The molecule has 0 aliphatic carbocycles. The summed E-state index contributed by atoms with van der Waals surface area (Å²) < 4.78 is 36.7. The van der Waals surface area contributed by atoms with Crippen LogP contribution in [0.25, 0.3) is 0 Å². The molecule has 1 aromatic carbocycles. The molecule has 1 unspecified atom stereocenters. The lowest BCUT2D eigenvalue weighted by molar-refractivity contribution is -0.0729. The number of halogens is 2. The van der Waals surface area contributed by atoms with Gasteiger partial charge in [-0.2, -0.15) is 8.78 Å². The van der Waals surface area contributed by atoms with E-state index >= 15 is 0 Å². The molecular weight excluding hydrogens is 230 g/mol. The van der Waals surface area contributed by atoms with Gasteiger partial charge in [0.25, 0.3) is 5.92 Å². The third-order valence-corrected chi connectivity index (χ3v) is 2.38. The second kappa shape index (κ2) is 5.14. The summed E-state index contributed by atoms with van der Waals surface area (Å²) >= 11 is 0. The molecule has 0 aliphatic rings. The molecule has 94 valence electrons. The summed E-state index contributed by atoms with van der Waals surface area (Å²) in [5, 5.41) is 9.69. The Morgan fingerprint density at radius 1 is 1.29 bits per heavy atom. The van der Waals surface area contributed by atoms with Gasteiger partial charge in [-0.3, -0.25) is 0 Å². The number of methoxy groups -OCH3 is 2. The van der Waals surface area contributed by atoms with Crippen molar-refractivity contribution in [1.29, 1.82) is 0 Å². The summed E-state index contributed by atoms with van der Waals surface area (Å²) in [5.74, 6) is -3.18. The Balaban J connectivity index is 3.32. The van der Waals surface area contributed by atoms with Crippen LogP contribution in [0.3, 0.4) is 0 Å². The van der Waals surface area contributed by atoms with Gasteiger partial charge in [0, 0.05) is 0 Å². The Morgan fingerprint density at radius 3 is 2.12 bits per heavy atom. The van der Waals surface area contributed by atoms with E-state index in [4.69, 9.17) is 9.47 Å². The molecule has 0 heterocycles. The van der Waals surface area contributed by atoms with Crippen LogP contribution in [0.15, 0.2) is 30.9 Å². The smallest absolute Gasteiger partial charge is 0.295 e. The zero-order valence-electron chi connectivity index (χ0n) is 9.61. The van der Waals surface area contributed by atoms with E-state index in [1.807, 2.05) is 0 Å². The van der Waals surface area contributed by atoms with Crippen molar-refractivity contribution < 1.29 is 23.4 Å². The Kier molecular flexibility index (Phi) is 4.07. The van der Waals surface area contributed by atoms with Gasteiger partial charge in [-0.1, -0.05) is 12.6 Å². The highest BCUT2D eigenvalue weighted by Crippen LogP contribution is 2.41. The highest BCUT2D eigenvalue weighted by Gasteiger charge is 2.39. The molecule has 0 bridgehead atoms. The van der Waals surface area contributed by atoms with Gasteiger partial charge < -0.3 is 14.6 Å². The lowest BCUT2D eigenvalue weighted by Gasteiger charge is -2.23. The van der Waals surface area contributed by atoms with Crippen molar-refractivity contribution in [3.05, 3.63) is 36.4 Å². The second-order valence-electron chi connectivity index (χ2n) is 3.36. The van der Waals surface area contributed by atoms with Crippen molar-refractivity contribution in [2.75, 3.05) is 14.2 Å². The van der Waals surface area contributed by atoms with E-state index in [1.165, 1.54) is 26.4 Å². The van der Waals surface area contributed by atoms with Gasteiger partial charge >= 0.3 is 0 Å². The largest absolute Gasteiger partial charge is 0.496 e. The summed E-state index contributed by atoms with van der Waals surface area (Å²) in [6, 6.07) is 4.53. The Morgan fingerprint density at radius 2 is 1.76 bits per heavy atom. The van der Waals surface area contributed by atoms with E-state index in [2.05, 4.69) is 6.58 Å². The van der Waals surface area contributed by atoms with Crippen LogP contribution in [0.4, 0.5) is 8.78 Å². The maximum atomic E-state index is 13.4. The normalized spacial score (nSPS) is 13.0. The molecule has 0 saturated heterocycles. The van der Waals surface area contributed by atoms with Crippen LogP contribution >= 0.6 is 0 Å². The molecule has 5 heteroatoms. The zero-order chi connectivity index (χ0) is 13.1. The predicted octanol–water partition coefficient (Wildman–Crippen LogP) is 2.56. The topological polar surface area (TPSA) is 38.7 Å². The molecule has 1 atom stereocenters. The maximum absolute atomic E-state index is 13.4. The van der Waals surface area contributed by atoms with Gasteiger partial charge in [0.05, 0.1) is 19.8 Å². The zero-order valence-corrected chi connectivity index (χ0v) is 9.61. The lowest BCUT2D eigenvalue weighted by atomic mass is 10.0. The van der Waals surface area contributed by atoms with Gasteiger partial charge in [-0.05, 0) is 18.2 Å². The number of hydrogen-bond donors (Lipinski definition) is 1. The van der Waals surface area contributed by atoms with Crippen molar-refractivity contribution in [3.8, 4) is 11.5 Å². The molecule has 0 amide bonds. The number of benzene rings is 1. The molecule has 0 aliphatic heterocycles. The minimum absolute atomic E-state index is 0.0950. The fourth-order valence-corrected chi connectivity index (χ4v) is 1.45. The fraction of sp³-hybridized carbons (Fsp3) is 0.333. The molecule has 1 N–H and O–H groups in total. The van der Waals surface area contributed by atoms with Crippen molar-refractivity contribution in [1.82, 2.24) is 0 Å².